The SMILES string of the molecule is Cl.NC1(c2noc(-c3ccc(Cl)c(F)c3)n2)CCCC1. The molecule has 7 heteroatoms. The smallest absolute Gasteiger partial charge is 0.258 e. The molecule has 1 fully saturated rings. The summed E-state index contributed by atoms with van der Waals surface area (Å²) in [6, 6.07) is 4.38. The number of rotatable bonds is 2. The van der Waals surface area contributed by atoms with Crippen LogP contribution >= 0.6 is 24.0 Å². The molecule has 2 N–H and O–H groups in total. The fraction of sp³-hybridized carbons (Fsp3) is 0.385. The minimum atomic E-state index is -0.512. The van der Waals surface area contributed by atoms with Crippen molar-refractivity contribution in [2.24, 2.45) is 5.73 Å². The summed E-state index contributed by atoms with van der Waals surface area (Å²) in [5.74, 6) is 0.250. The van der Waals surface area contributed by atoms with Crippen LogP contribution in [0.15, 0.2) is 22.7 Å². The molecule has 4 nitrogen and oxygen atoms in total. The number of hydrogen-bond donors (Lipinski definition) is 1. The number of aromatic nitrogens is 2. The van der Waals surface area contributed by atoms with Gasteiger partial charge in [0, 0.05) is 5.56 Å². The first-order valence-electron chi connectivity index (χ1n) is 6.17. The maximum absolute atomic E-state index is 13.4. The average Bonchev–Trinajstić information content (AvgIpc) is 3.02. The van der Waals surface area contributed by atoms with E-state index in [9.17, 15) is 4.39 Å². The summed E-state index contributed by atoms with van der Waals surface area (Å²) in [5, 5.41) is 4.00. The normalized spacial score (nSPS) is 16.9. The largest absolute Gasteiger partial charge is 0.334 e. The van der Waals surface area contributed by atoms with Gasteiger partial charge in [0.15, 0.2) is 5.82 Å². The van der Waals surface area contributed by atoms with E-state index in [-0.39, 0.29) is 23.3 Å². The summed E-state index contributed by atoms with van der Waals surface area (Å²) in [4.78, 5) is 4.29. The Bertz CT molecular complexity index is 611. The lowest BCUT2D eigenvalue weighted by Gasteiger charge is -2.17. The van der Waals surface area contributed by atoms with Gasteiger partial charge in [-0.2, -0.15) is 4.98 Å². The van der Waals surface area contributed by atoms with Crippen LogP contribution in [0.25, 0.3) is 11.5 Å². The highest BCUT2D eigenvalue weighted by Crippen LogP contribution is 2.35. The molecule has 1 saturated carbocycles. The fourth-order valence-corrected chi connectivity index (χ4v) is 2.52. The van der Waals surface area contributed by atoms with Gasteiger partial charge in [-0.15, -0.1) is 12.4 Å². The van der Waals surface area contributed by atoms with Gasteiger partial charge in [0.1, 0.15) is 5.82 Å². The zero-order chi connectivity index (χ0) is 13.5. The van der Waals surface area contributed by atoms with Crippen LogP contribution < -0.4 is 5.73 Å². The second kappa shape index (κ2) is 5.68. The lowest BCUT2D eigenvalue weighted by atomic mass is 9.99. The van der Waals surface area contributed by atoms with Crippen LogP contribution in [0.5, 0.6) is 0 Å². The van der Waals surface area contributed by atoms with E-state index >= 15 is 0 Å². The Balaban J connectivity index is 0.00000147. The first kappa shape index (κ1) is 15.2. The van der Waals surface area contributed by atoms with Crippen molar-refractivity contribution in [2.75, 3.05) is 0 Å². The Kier molecular flexibility index (Phi) is 4.32. The van der Waals surface area contributed by atoms with Crippen molar-refractivity contribution in [1.82, 2.24) is 10.1 Å². The molecular formula is C13H14Cl2FN3O. The maximum atomic E-state index is 13.4. The first-order chi connectivity index (χ1) is 9.08. The van der Waals surface area contributed by atoms with Gasteiger partial charge < -0.3 is 10.3 Å². The van der Waals surface area contributed by atoms with Crippen LogP contribution in [0.3, 0.4) is 0 Å². The Morgan fingerprint density at radius 2 is 2.00 bits per heavy atom. The van der Waals surface area contributed by atoms with E-state index < -0.39 is 11.4 Å². The highest BCUT2D eigenvalue weighted by molar-refractivity contribution is 6.30. The molecule has 20 heavy (non-hydrogen) atoms. The Morgan fingerprint density at radius 3 is 2.65 bits per heavy atom. The third-order valence-electron chi connectivity index (χ3n) is 3.53. The molecule has 0 radical (unpaired) electrons. The summed E-state index contributed by atoms with van der Waals surface area (Å²) >= 11 is 5.64. The van der Waals surface area contributed by atoms with Crippen molar-refractivity contribution in [1.29, 1.82) is 0 Å². The second-order valence-electron chi connectivity index (χ2n) is 4.92. The van der Waals surface area contributed by atoms with Crippen molar-refractivity contribution in [3.63, 3.8) is 0 Å². The van der Waals surface area contributed by atoms with Crippen molar-refractivity contribution >= 4 is 24.0 Å². The quantitative estimate of drug-likeness (QED) is 0.917. The molecule has 1 aromatic heterocycles. The van der Waals surface area contributed by atoms with Crippen molar-refractivity contribution in [2.45, 2.75) is 31.2 Å². The third-order valence-corrected chi connectivity index (χ3v) is 3.84. The van der Waals surface area contributed by atoms with E-state index in [2.05, 4.69) is 10.1 Å². The van der Waals surface area contributed by atoms with E-state index in [0.29, 0.717) is 11.4 Å². The molecule has 1 aliphatic carbocycles. The molecule has 0 amide bonds. The molecule has 0 bridgehead atoms. The van der Waals surface area contributed by atoms with Gasteiger partial charge in [-0.1, -0.05) is 29.6 Å². The van der Waals surface area contributed by atoms with E-state index in [1.54, 1.807) is 6.07 Å². The van der Waals surface area contributed by atoms with E-state index in [0.717, 1.165) is 25.7 Å². The van der Waals surface area contributed by atoms with Crippen molar-refractivity contribution in [3.8, 4) is 11.5 Å². The number of nitrogens with zero attached hydrogens (tertiary/aromatic N) is 2. The zero-order valence-corrected chi connectivity index (χ0v) is 12.2. The highest BCUT2D eigenvalue weighted by Gasteiger charge is 2.36. The predicted octanol–water partition coefficient (Wildman–Crippen LogP) is 3.68. The number of benzene rings is 1. The van der Waals surface area contributed by atoms with Crippen LogP contribution in [0.2, 0.25) is 5.02 Å². The molecule has 3 rings (SSSR count). The van der Waals surface area contributed by atoms with E-state index in [4.69, 9.17) is 21.9 Å². The van der Waals surface area contributed by atoms with Crippen molar-refractivity contribution < 1.29 is 8.91 Å². The highest BCUT2D eigenvalue weighted by atomic mass is 35.5. The molecule has 0 atom stereocenters. The van der Waals surface area contributed by atoms with E-state index in [1.165, 1.54) is 12.1 Å². The fourth-order valence-electron chi connectivity index (χ4n) is 2.40. The van der Waals surface area contributed by atoms with Gasteiger partial charge in [0.2, 0.25) is 0 Å². The van der Waals surface area contributed by atoms with Crippen LogP contribution in [0, 0.1) is 5.82 Å². The molecule has 0 unspecified atom stereocenters. The summed E-state index contributed by atoms with van der Waals surface area (Å²) in [6.07, 6.45) is 3.83. The van der Waals surface area contributed by atoms with Gasteiger partial charge in [0.25, 0.3) is 5.89 Å². The molecule has 2 aromatic rings. The third kappa shape index (κ3) is 2.66. The lowest BCUT2D eigenvalue weighted by molar-refractivity contribution is 0.372. The van der Waals surface area contributed by atoms with Crippen LogP contribution in [-0.4, -0.2) is 10.1 Å². The lowest BCUT2D eigenvalue weighted by Crippen LogP contribution is -2.34. The van der Waals surface area contributed by atoms with Crippen LogP contribution in [0.1, 0.15) is 31.5 Å². The monoisotopic (exact) mass is 317 g/mol. The molecule has 1 aliphatic rings. The molecule has 0 saturated heterocycles. The van der Waals surface area contributed by atoms with Gasteiger partial charge in [-0.05, 0) is 31.0 Å². The number of halogens is 3. The van der Waals surface area contributed by atoms with Gasteiger partial charge in [0.05, 0.1) is 10.6 Å². The molecule has 1 aromatic carbocycles. The molecule has 1 heterocycles. The van der Waals surface area contributed by atoms with Gasteiger partial charge in [-0.25, -0.2) is 4.39 Å². The van der Waals surface area contributed by atoms with Crippen molar-refractivity contribution in [3.05, 3.63) is 34.9 Å². The van der Waals surface area contributed by atoms with E-state index in [1.807, 2.05) is 0 Å². The average molecular weight is 318 g/mol. The molecule has 108 valence electrons. The second-order valence-corrected chi connectivity index (χ2v) is 5.32. The minimum absolute atomic E-state index is 0. The van der Waals surface area contributed by atoms with Crippen LogP contribution in [0.4, 0.5) is 4.39 Å². The van der Waals surface area contributed by atoms with Crippen LogP contribution in [-0.2, 0) is 5.54 Å². The summed E-state index contributed by atoms with van der Waals surface area (Å²) < 4.78 is 18.6. The summed E-state index contributed by atoms with van der Waals surface area (Å²) in [6.45, 7) is 0. The Labute approximate surface area is 126 Å². The predicted molar refractivity (Wildman–Crippen MR) is 76.3 cm³/mol. The Hall–Kier alpha value is -1.17. The topological polar surface area (TPSA) is 64.9 Å². The maximum Gasteiger partial charge on any atom is 0.258 e. The first-order valence-corrected chi connectivity index (χ1v) is 6.55. The van der Waals surface area contributed by atoms with Gasteiger partial charge >= 0.3 is 0 Å². The number of hydrogen-bond acceptors (Lipinski definition) is 4. The molecular weight excluding hydrogens is 304 g/mol. The molecule has 0 spiro atoms. The summed E-state index contributed by atoms with van der Waals surface area (Å²) in [7, 11) is 0. The minimum Gasteiger partial charge on any atom is -0.334 e. The molecule has 0 aliphatic heterocycles. The number of nitrogens with two attached hydrogens (primary N) is 1. The Morgan fingerprint density at radius 1 is 1.30 bits per heavy atom. The standard InChI is InChI=1S/C13H13ClFN3O.ClH/c14-9-4-3-8(7-10(9)15)11-17-12(18-19-11)13(16)5-1-2-6-13;/h3-4,7H,1-2,5-6,16H2;1H. The summed E-state index contributed by atoms with van der Waals surface area (Å²) in [5.41, 5.74) is 6.24. The van der Waals surface area contributed by atoms with Gasteiger partial charge in [-0.3, -0.25) is 0 Å². The zero-order valence-electron chi connectivity index (χ0n) is 10.6.